The Bertz CT molecular complexity index is 426. The third-order valence-corrected chi connectivity index (χ3v) is 5.35. The molecule has 0 aromatic rings. The zero-order valence-electron chi connectivity index (χ0n) is 16.8. The molecule has 0 saturated carbocycles. The van der Waals surface area contributed by atoms with Crippen molar-refractivity contribution >= 4 is 10.1 Å². The van der Waals surface area contributed by atoms with Crippen molar-refractivity contribution in [3.63, 3.8) is 0 Å². The highest BCUT2D eigenvalue weighted by Gasteiger charge is 2.23. The number of unbranched alkanes of at least 4 members (excludes halogenated alkanes) is 9. The van der Waals surface area contributed by atoms with E-state index in [-0.39, 0.29) is 26.2 Å². The molecule has 0 radical (unpaired) electrons. The fraction of sp³-hybridized carbons (Fsp3) is 0.895. The summed E-state index contributed by atoms with van der Waals surface area (Å²) in [6, 6.07) is 0. The smallest absolute Gasteiger partial charge is 0.270 e. The molecule has 0 saturated heterocycles. The van der Waals surface area contributed by atoms with Gasteiger partial charge in [-0.25, -0.2) is 19.6 Å². The maximum absolute atomic E-state index is 11.3. The van der Waals surface area contributed by atoms with Gasteiger partial charge in [0.1, 0.15) is 18.5 Å². The highest BCUT2D eigenvalue weighted by atomic mass is 32.2. The fourth-order valence-corrected chi connectivity index (χ4v) is 3.11. The Balaban J connectivity index is 3.50. The van der Waals surface area contributed by atoms with Crippen LogP contribution >= 0.6 is 0 Å². The van der Waals surface area contributed by atoms with Crippen molar-refractivity contribution in [3.05, 3.63) is 12.7 Å². The Morgan fingerprint density at radius 3 is 1.96 bits per heavy atom. The van der Waals surface area contributed by atoms with Crippen LogP contribution in [0.15, 0.2) is 12.7 Å². The minimum Gasteiger partial charge on any atom is -0.285 e. The predicted octanol–water partition coefficient (Wildman–Crippen LogP) is 4.64. The van der Waals surface area contributed by atoms with Crippen molar-refractivity contribution < 1.29 is 32.5 Å². The van der Waals surface area contributed by atoms with Crippen LogP contribution in [0.4, 0.5) is 0 Å². The minimum absolute atomic E-state index is 0.0486. The molecule has 1 unspecified atom stereocenters. The summed E-state index contributed by atoms with van der Waals surface area (Å²) in [5, 5.41) is -1.12. The van der Waals surface area contributed by atoms with Crippen molar-refractivity contribution in [1.82, 2.24) is 0 Å². The van der Waals surface area contributed by atoms with Crippen molar-refractivity contribution in [2.45, 2.75) is 82.8 Å². The summed E-state index contributed by atoms with van der Waals surface area (Å²) in [6.45, 7) is 6.05. The van der Waals surface area contributed by atoms with Crippen molar-refractivity contribution in [3.8, 4) is 0 Å². The van der Waals surface area contributed by atoms with Crippen molar-refractivity contribution in [2.24, 2.45) is 0 Å². The van der Waals surface area contributed by atoms with E-state index in [2.05, 4.69) is 18.4 Å². The summed E-state index contributed by atoms with van der Waals surface area (Å²) in [5.41, 5.74) is 0. The van der Waals surface area contributed by atoms with E-state index < -0.39 is 15.4 Å². The van der Waals surface area contributed by atoms with Gasteiger partial charge in [-0.15, -0.1) is 6.58 Å². The van der Waals surface area contributed by atoms with Gasteiger partial charge in [0.05, 0.1) is 13.2 Å². The predicted molar refractivity (Wildman–Crippen MR) is 106 cm³/mol. The highest BCUT2D eigenvalue weighted by molar-refractivity contribution is 7.86. The zero-order valence-corrected chi connectivity index (χ0v) is 17.6. The third kappa shape index (κ3) is 18.6. The maximum Gasteiger partial charge on any atom is 0.270 e. The molecule has 0 aliphatic rings. The molecule has 0 bridgehead atoms. The molecule has 1 atom stereocenters. The van der Waals surface area contributed by atoms with Crippen LogP contribution < -0.4 is 0 Å². The zero-order chi connectivity index (χ0) is 20.2. The van der Waals surface area contributed by atoms with E-state index in [0.29, 0.717) is 6.61 Å². The topological polar surface area (TPSA) is 91.3 Å². The lowest BCUT2D eigenvalue weighted by atomic mass is 10.1. The van der Waals surface area contributed by atoms with E-state index in [0.717, 1.165) is 12.8 Å². The number of hydrogen-bond acceptors (Lipinski definition) is 6. The van der Waals surface area contributed by atoms with Crippen LogP contribution in [0.2, 0.25) is 0 Å². The normalized spacial score (nSPS) is 13.0. The first-order valence-corrected chi connectivity index (χ1v) is 11.6. The van der Waals surface area contributed by atoms with Gasteiger partial charge >= 0.3 is 0 Å². The van der Waals surface area contributed by atoms with E-state index in [1.165, 1.54) is 57.4 Å². The van der Waals surface area contributed by atoms with Gasteiger partial charge in [0.15, 0.2) is 0 Å². The maximum atomic E-state index is 11.3. The van der Waals surface area contributed by atoms with Crippen LogP contribution in [0.25, 0.3) is 0 Å². The van der Waals surface area contributed by atoms with Gasteiger partial charge in [-0.2, -0.15) is 8.42 Å². The van der Waals surface area contributed by atoms with Crippen LogP contribution in [-0.2, 0) is 29.7 Å². The largest absolute Gasteiger partial charge is 0.285 e. The summed E-state index contributed by atoms with van der Waals surface area (Å²) in [7, 11) is -4.24. The number of hydrogen-bond donors (Lipinski definition) is 1. The average molecular weight is 411 g/mol. The summed E-state index contributed by atoms with van der Waals surface area (Å²) in [4.78, 5) is 19.4. The van der Waals surface area contributed by atoms with Crippen molar-refractivity contribution in [1.29, 1.82) is 0 Å². The molecule has 0 aromatic heterocycles. The van der Waals surface area contributed by atoms with Gasteiger partial charge in [0.25, 0.3) is 10.1 Å². The quantitative estimate of drug-likeness (QED) is 0.0969. The molecule has 8 heteroatoms. The molecule has 27 heavy (non-hydrogen) atoms. The highest BCUT2D eigenvalue weighted by Crippen LogP contribution is 2.11. The lowest BCUT2D eigenvalue weighted by Gasteiger charge is -2.13. The summed E-state index contributed by atoms with van der Waals surface area (Å²) in [6.07, 6.45) is 14.0. The summed E-state index contributed by atoms with van der Waals surface area (Å²) < 4.78 is 31.7. The molecule has 0 fully saturated rings. The molecule has 0 aromatic carbocycles. The average Bonchev–Trinajstić information content (AvgIpc) is 2.62. The van der Waals surface area contributed by atoms with Gasteiger partial charge in [-0.3, -0.25) is 4.55 Å². The molecule has 0 aliphatic heterocycles. The molecule has 0 spiro atoms. The van der Waals surface area contributed by atoms with Crippen LogP contribution in [-0.4, -0.2) is 44.6 Å². The molecule has 1 N–H and O–H groups in total. The van der Waals surface area contributed by atoms with Crippen LogP contribution in [0.1, 0.15) is 77.6 Å². The van der Waals surface area contributed by atoms with Crippen molar-refractivity contribution in [2.75, 3.05) is 26.4 Å². The second-order valence-corrected chi connectivity index (χ2v) is 8.31. The lowest BCUT2D eigenvalue weighted by Crippen LogP contribution is -2.27. The Labute approximate surface area is 165 Å². The monoisotopic (exact) mass is 410 g/mol. The number of rotatable bonds is 21. The standard InChI is InChI=1S/C19H38O7S/c1-3-5-6-7-8-9-10-11-12-13-16-24-25-17-14-19(27(20,21)22)18-26-23-15-4-2/h4,19H,2-3,5-18H2,1H3,(H,20,21,22). The molecule has 0 amide bonds. The summed E-state index contributed by atoms with van der Waals surface area (Å²) >= 11 is 0. The van der Waals surface area contributed by atoms with Gasteiger partial charge in [0, 0.05) is 0 Å². The van der Waals surface area contributed by atoms with Gasteiger partial charge in [-0.05, 0) is 12.8 Å². The summed E-state index contributed by atoms with van der Waals surface area (Å²) in [5.74, 6) is 0. The van der Waals surface area contributed by atoms with E-state index in [1.807, 2.05) is 0 Å². The lowest BCUT2D eigenvalue weighted by molar-refractivity contribution is -0.300. The molecule has 162 valence electrons. The Morgan fingerprint density at radius 2 is 1.41 bits per heavy atom. The first-order valence-electron chi connectivity index (χ1n) is 10.1. The second-order valence-electron chi connectivity index (χ2n) is 6.61. The molecule has 7 nitrogen and oxygen atoms in total. The molecular formula is C19H38O7S. The Kier molecular flexibility index (Phi) is 18.5. The molecule has 0 heterocycles. The Hall–Kier alpha value is -0.510. The fourth-order valence-electron chi connectivity index (χ4n) is 2.48. The Morgan fingerprint density at radius 1 is 0.852 bits per heavy atom. The molecule has 0 aliphatic carbocycles. The van der Waals surface area contributed by atoms with E-state index in [9.17, 15) is 8.42 Å². The van der Waals surface area contributed by atoms with Crippen LogP contribution in [0.5, 0.6) is 0 Å². The first-order chi connectivity index (χ1) is 13.0. The van der Waals surface area contributed by atoms with Gasteiger partial charge in [0.2, 0.25) is 0 Å². The van der Waals surface area contributed by atoms with Gasteiger partial charge < -0.3 is 0 Å². The first kappa shape index (κ1) is 26.5. The van der Waals surface area contributed by atoms with E-state index in [1.54, 1.807) is 0 Å². The minimum atomic E-state index is -4.24. The second kappa shape index (κ2) is 18.8. The van der Waals surface area contributed by atoms with Gasteiger partial charge in [-0.1, -0.05) is 70.8 Å². The van der Waals surface area contributed by atoms with E-state index >= 15 is 0 Å². The van der Waals surface area contributed by atoms with E-state index in [4.69, 9.17) is 19.2 Å². The van der Waals surface area contributed by atoms with Crippen LogP contribution in [0, 0.1) is 0 Å². The molecular weight excluding hydrogens is 372 g/mol. The van der Waals surface area contributed by atoms with Crippen LogP contribution in [0.3, 0.4) is 0 Å². The molecule has 0 rings (SSSR count). The SMILES string of the molecule is C=CCOOCC(CCOOCCCCCCCCCCCC)S(=O)(=O)O. The third-order valence-electron chi connectivity index (χ3n) is 4.13.